The molecule has 0 aromatic heterocycles. The van der Waals surface area contributed by atoms with Crippen LogP contribution in [0.2, 0.25) is 0 Å². The maximum atomic E-state index is 13.6. The molecule has 0 N–H and O–H groups in total. The van der Waals surface area contributed by atoms with Crippen LogP contribution >= 0.6 is 0 Å². The van der Waals surface area contributed by atoms with Gasteiger partial charge in [0.2, 0.25) is 0 Å². The smallest absolute Gasteiger partial charge is 0.416 e. The van der Waals surface area contributed by atoms with Crippen molar-refractivity contribution in [2.24, 2.45) is 0 Å². The molecule has 0 saturated heterocycles. The van der Waals surface area contributed by atoms with Crippen LogP contribution in [0.4, 0.5) is 26.3 Å². The van der Waals surface area contributed by atoms with Crippen LogP contribution in [-0.2, 0) is 22.2 Å². The Morgan fingerprint density at radius 2 is 1.00 bits per heavy atom. The summed E-state index contributed by atoms with van der Waals surface area (Å²) in [5.74, 6) is 0.765. The van der Waals surface area contributed by atoms with E-state index in [2.05, 4.69) is 0 Å². The highest BCUT2D eigenvalue weighted by atomic mass is 32.2. The van der Waals surface area contributed by atoms with Crippen molar-refractivity contribution in [2.45, 2.75) is 22.5 Å². The maximum Gasteiger partial charge on any atom is 0.416 e. The minimum absolute atomic E-state index is 0.116. The van der Waals surface area contributed by atoms with Crippen LogP contribution in [0.15, 0.2) is 71.6 Å². The lowest BCUT2D eigenvalue weighted by molar-refractivity contribution is -0.143. The normalized spacial score (nSPS) is 12.6. The Morgan fingerprint density at radius 3 is 1.29 bits per heavy atom. The summed E-state index contributed by atoms with van der Waals surface area (Å²) >= 11 is 0. The van der Waals surface area contributed by atoms with Gasteiger partial charge in [-0.25, -0.2) is 8.42 Å². The summed E-state index contributed by atoms with van der Waals surface area (Å²) in [6, 6.07) is 11.6. The van der Waals surface area contributed by atoms with Gasteiger partial charge in [-0.2, -0.15) is 26.3 Å². The molecular formula is C23H18F6O4S. The lowest BCUT2D eigenvalue weighted by atomic mass is 10.0. The summed E-state index contributed by atoms with van der Waals surface area (Å²) < 4.78 is 117. The number of sulfone groups is 1. The fraction of sp³-hybridized carbons (Fsp3) is 0.217. The molecule has 0 atom stereocenters. The first-order valence-corrected chi connectivity index (χ1v) is 11.1. The van der Waals surface area contributed by atoms with Gasteiger partial charge in [0.05, 0.1) is 30.2 Å². The van der Waals surface area contributed by atoms with Crippen molar-refractivity contribution in [3.63, 3.8) is 0 Å². The van der Waals surface area contributed by atoms with Crippen molar-refractivity contribution in [3.8, 4) is 11.5 Å². The summed E-state index contributed by atoms with van der Waals surface area (Å²) in [5.41, 5.74) is -3.19. The molecule has 4 nitrogen and oxygen atoms in total. The Kier molecular flexibility index (Phi) is 6.88. The van der Waals surface area contributed by atoms with Gasteiger partial charge in [-0.05, 0) is 53.6 Å². The van der Waals surface area contributed by atoms with Crippen molar-refractivity contribution < 1.29 is 44.2 Å². The van der Waals surface area contributed by atoms with Gasteiger partial charge in [-0.3, -0.25) is 0 Å². The number of hydrogen-bond acceptors (Lipinski definition) is 4. The van der Waals surface area contributed by atoms with Gasteiger partial charge in [0, 0.05) is 0 Å². The molecule has 3 aromatic rings. The Bertz CT molecular complexity index is 1170. The number of methoxy groups -OCH3 is 2. The molecule has 0 aliphatic rings. The zero-order valence-corrected chi connectivity index (χ0v) is 18.6. The molecule has 0 saturated carbocycles. The lowest BCUT2D eigenvalue weighted by Gasteiger charge is -2.21. The molecule has 0 bridgehead atoms. The number of ether oxygens (including phenoxy) is 2. The van der Waals surface area contributed by atoms with Crippen molar-refractivity contribution in [1.29, 1.82) is 0 Å². The van der Waals surface area contributed by atoms with E-state index in [0.717, 1.165) is 0 Å². The van der Waals surface area contributed by atoms with Crippen LogP contribution in [0.1, 0.15) is 27.5 Å². The number of rotatable bonds is 6. The summed E-state index contributed by atoms with van der Waals surface area (Å²) in [6.45, 7) is 0. The van der Waals surface area contributed by atoms with E-state index in [9.17, 15) is 34.8 Å². The van der Waals surface area contributed by atoms with E-state index in [1.54, 1.807) is 0 Å². The third kappa shape index (κ3) is 5.30. The molecule has 0 unspecified atom stereocenters. The number of alkyl halides is 6. The standard InChI is InChI=1S/C23H18F6O4S/c1-32-18-7-3-14(4-8-18)21(15-5-9-19(33-2)10-6-15)34(30,31)20-12-16(22(24,25)26)11-17(13-20)23(27,28)29/h3-13,21H,1-2H3. The van der Waals surface area contributed by atoms with Gasteiger partial charge in [-0.1, -0.05) is 24.3 Å². The van der Waals surface area contributed by atoms with E-state index in [1.165, 1.54) is 62.8 Å². The number of hydrogen-bond donors (Lipinski definition) is 0. The van der Waals surface area contributed by atoms with Crippen molar-refractivity contribution >= 4 is 9.84 Å². The Labute approximate surface area is 191 Å². The molecule has 0 heterocycles. The Balaban J connectivity index is 2.27. The van der Waals surface area contributed by atoms with Crippen molar-refractivity contribution in [2.75, 3.05) is 14.2 Å². The zero-order chi connectivity index (χ0) is 25.3. The van der Waals surface area contributed by atoms with E-state index >= 15 is 0 Å². The lowest BCUT2D eigenvalue weighted by Crippen LogP contribution is -2.18. The zero-order valence-electron chi connectivity index (χ0n) is 17.7. The van der Waals surface area contributed by atoms with Crippen LogP contribution in [0.3, 0.4) is 0 Å². The largest absolute Gasteiger partial charge is 0.497 e. The number of halogens is 6. The Morgan fingerprint density at radius 1 is 0.647 bits per heavy atom. The molecule has 0 aliphatic carbocycles. The van der Waals surface area contributed by atoms with E-state index in [-0.39, 0.29) is 29.3 Å². The quantitative estimate of drug-likeness (QED) is 0.370. The van der Waals surface area contributed by atoms with E-state index < -0.39 is 43.5 Å². The molecule has 3 aromatic carbocycles. The molecule has 11 heteroatoms. The second-order valence-electron chi connectivity index (χ2n) is 7.21. The van der Waals surface area contributed by atoms with E-state index in [1.807, 2.05) is 0 Å². The topological polar surface area (TPSA) is 52.6 Å². The molecule has 0 fully saturated rings. The molecular weight excluding hydrogens is 486 g/mol. The molecule has 0 amide bonds. The van der Waals surface area contributed by atoms with Crippen LogP contribution in [0.25, 0.3) is 0 Å². The summed E-state index contributed by atoms with van der Waals surface area (Å²) in [5, 5.41) is -1.60. The third-order valence-electron chi connectivity index (χ3n) is 5.04. The minimum Gasteiger partial charge on any atom is -0.497 e. The highest BCUT2D eigenvalue weighted by Crippen LogP contribution is 2.41. The summed E-state index contributed by atoms with van der Waals surface area (Å²) in [7, 11) is -2.03. The molecule has 0 spiro atoms. The fourth-order valence-corrected chi connectivity index (χ4v) is 5.22. The third-order valence-corrected chi connectivity index (χ3v) is 7.09. The highest BCUT2D eigenvalue weighted by molar-refractivity contribution is 7.92. The van der Waals surface area contributed by atoms with Gasteiger partial charge in [0.1, 0.15) is 16.7 Å². The minimum atomic E-state index is -5.19. The maximum absolute atomic E-state index is 13.6. The monoisotopic (exact) mass is 504 g/mol. The van der Waals surface area contributed by atoms with Crippen LogP contribution in [-0.4, -0.2) is 22.6 Å². The van der Waals surface area contributed by atoms with E-state index in [0.29, 0.717) is 11.5 Å². The van der Waals surface area contributed by atoms with Gasteiger partial charge >= 0.3 is 12.4 Å². The fourth-order valence-electron chi connectivity index (χ4n) is 3.33. The van der Waals surface area contributed by atoms with Gasteiger partial charge < -0.3 is 9.47 Å². The van der Waals surface area contributed by atoms with E-state index in [4.69, 9.17) is 9.47 Å². The van der Waals surface area contributed by atoms with Crippen LogP contribution < -0.4 is 9.47 Å². The van der Waals surface area contributed by atoms with Gasteiger partial charge in [-0.15, -0.1) is 0 Å². The summed E-state index contributed by atoms with van der Waals surface area (Å²) in [6.07, 6.45) is -10.4. The highest BCUT2D eigenvalue weighted by Gasteiger charge is 2.40. The second-order valence-corrected chi connectivity index (χ2v) is 9.25. The predicted octanol–water partition coefficient (Wildman–Crippen LogP) is 6.30. The van der Waals surface area contributed by atoms with Crippen LogP contribution in [0.5, 0.6) is 11.5 Å². The molecule has 0 aliphatic heterocycles. The molecule has 34 heavy (non-hydrogen) atoms. The first-order valence-electron chi connectivity index (χ1n) is 9.58. The first kappa shape index (κ1) is 25.4. The second kappa shape index (κ2) is 9.21. The van der Waals surface area contributed by atoms with Crippen molar-refractivity contribution in [3.05, 3.63) is 89.0 Å². The van der Waals surface area contributed by atoms with Crippen LogP contribution in [0, 0.1) is 0 Å². The predicted molar refractivity (Wildman–Crippen MR) is 111 cm³/mol. The molecule has 0 radical (unpaired) electrons. The SMILES string of the molecule is COc1ccc(C(c2ccc(OC)cc2)S(=O)(=O)c2cc(C(F)(F)F)cc(C(F)(F)F)c2)cc1. The average molecular weight is 504 g/mol. The van der Waals surface area contributed by atoms with Gasteiger partial charge in [0.15, 0.2) is 9.84 Å². The molecule has 182 valence electrons. The van der Waals surface area contributed by atoms with Crippen molar-refractivity contribution in [1.82, 2.24) is 0 Å². The Hall–Kier alpha value is -3.21. The first-order chi connectivity index (χ1) is 15.8. The van der Waals surface area contributed by atoms with Gasteiger partial charge in [0.25, 0.3) is 0 Å². The average Bonchev–Trinajstić information content (AvgIpc) is 2.78. The number of benzene rings is 3. The summed E-state index contributed by atoms with van der Waals surface area (Å²) in [4.78, 5) is -1.11. The molecule has 3 rings (SSSR count).